The van der Waals surface area contributed by atoms with Crippen LogP contribution in [0.3, 0.4) is 0 Å². The van der Waals surface area contributed by atoms with E-state index in [9.17, 15) is 0 Å². The summed E-state index contributed by atoms with van der Waals surface area (Å²) in [4.78, 5) is 2.29. The second kappa shape index (κ2) is 11.2. The molecule has 0 saturated carbocycles. The molecular formula is C44H31N3. The molecule has 0 aliphatic carbocycles. The molecule has 0 spiro atoms. The van der Waals surface area contributed by atoms with E-state index in [1.54, 1.807) is 0 Å². The van der Waals surface area contributed by atoms with Crippen molar-refractivity contribution in [3.05, 3.63) is 188 Å². The number of rotatable bonds is 6. The minimum Gasteiger partial charge on any atom is -0.315 e. The molecule has 47 heavy (non-hydrogen) atoms. The summed E-state index contributed by atoms with van der Waals surface area (Å²) in [7, 11) is 0. The van der Waals surface area contributed by atoms with Crippen LogP contribution >= 0.6 is 0 Å². The van der Waals surface area contributed by atoms with Crippen molar-refractivity contribution in [2.24, 2.45) is 0 Å². The highest BCUT2D eigenvalue weighted by Gasteiger charge is 2.18. The van der Waals surface area contributed by atoms with E-state index < -0.39 is 0 Å². The maximum Gasteiger partial charge on any atom is 0.0788 e. The average Bonchev–Trinajstić information content (AvgIpc) is 3.73. The first kappa shape index (κ1) is 27.0. The first-order valence-corrected chi connectivity index (χ1v) is 16.0. The van der Waals surface area contributed by atoms with Gasteiger partial charge in [-0.15, -0.1) is 0 Å². The largest absolute Gasteiger partial charge is 0.315 e. The quantitative estimate of drug-likeness (QED) is 0.185. The molecule has 0 saturated heterocycles. The standard InChI is InChI=1S/C44H31N3/c1-4-12-36(13-5-1)46(37-14-6-2-7-15-37)39-27-22-33(23-28-39)32-20-25-35(26-21-32)45-31-30-34-24-29-41-40-18-10-11-19-42(40)47(44(41)43(34)45)38-16-8-3-9-17-38/h1-31H. The van der Waals surface area contributed by atoms with E-state index >= 15 is 0 Å². The fraction of sp³-hybridized carbons (Fsp3) is 0. The summed E-state index contributed by atoms with van der Waals surface area (Å²) >= 11 is 0. The Morgan fingerprint density at radius 1 is 0.362 bits per heavy atom. The van der Waals surface area contributed by atoms with E-state index in [2.05, 4.69) is 202 Å². The number of benzene rings is 7. The number of anilines is 3. The normalized spacial score (nSPS) is 11.4. The van der Waals surface area contributed by atoms with Crippen LogP contribution in [0.4, 0.5) is 17.1 Å². The first-order chi connectivity index (χ1) is 23.3. The molecular weight excluding hydrogens is 571 g/mol. The van der Waals surface area contributed by atoms with E-state index in [1.165, 1.54) is 43.8 Å². The van der Waals surface area contributed by atoms with Crippen molar-refractivity contribution in [1.82, 2.24) is 9.13 Å². The maximum atomic E-state index is 2.41. The van der Waals surface area contributed by atoms with Gasteiger partial charge in [0.1, 0.15) is 0 Å². The van der Waals surface area contributed by atoms with Crippen LogP contribution in [-0.4, -0.2) is 9.13 Å². The monoisotopic (exact) mass is 601 g/mol. The minimum atomic E-state index is 1.12. The van der Waals surface area contributed by atoms with Gasteiger partial charge in [-0.25, -0.2) is 0 Å². The van der Waals surface area contributed by atoms with Crippen LogP contribution in [-0.2, 0) is 0 Å². The fourth-order valence-electron chi connectivity index (χ4n) is 6.95. The molecule has 3 heteroatoms. The summed E-state index contributed by atoms with van der Waals surface area (Å²) in [5.41, 5.74) is 11.7. The summed E-state index contributed by atoms with van der Waals surface area (Å²) in [6.45, 7) is 0. The van der Waals surface area contributed by atoms with Gasteiger partial charge in [-0.2, -0.15) is 0 Å². The van der Waals surface area contributed by atoms with Gasteiger partial charge in [-0.1, -0.05) is 109 Å². The van der Waals surface area contributed by atoms with Crippen LogP contribution in [0.5, 0.6) is 0 Å². The Kier molecular flexibility index (Phi) is 6.46. The summed E-state index contributed by atoms with van der Waals surface area (Å²) in [5, 5.41) is 3.74. The third-order valence-corrected chi connectivity index (χ3v) is 9.13. The van der Waals surface area contributed by atoms with Crippen molar-refractivity contribution in [2.45, 2.75) is 0 Å². The van der Waals surface area contributed by atoms with Crippen LogP contribution in [0.1, 0.15) is 0 Å². The third kappa shape index (κ3) is 4.60. The van der Waals surface area contributed by atoms with Crippen molar-refractivity contribution < 1.29 is 0 Å². The van der Waals surface area contributed by atoms with Gasteiger partial charge in [-0.05, 0) is 83.9 Å². The Morgan fingerprint density at radius 2 is 0.915 bits per heavy atom. The van der Waals surface area contributed by atoms with Crippen LogP contribution in [0, 0.1) is 0 Å². The Bertz CT molecular complexity index is 2430. The van der Waals surface area contributed by atoms with Gasteiger partial charge >= 0.3 is 0 Å². The topological polar surface area (TPSA) is 13.1 Å². The smallest absolute Gasteiger partial charge is 0.0788 e. The predicted octanol–water partition coefficient (Wildman–Crippen LogP) is 11.9. The van der Waals surface area contributed by atoms with Crippen LogP contribution in [0.25, 0.3) is 55.2 Å². The van der Waals surface area contributed by atoms with E-state index in [4.69, 9.17) is 0 Å². The van der Waals surface area contributed by atoms with Crippen LogP contribution in [0.15, 0.2) is 188 Å². The molecule has 0 bridgehead atoms. The molecule has 0 aliphatic rings. The lowest BCUT2D eigenvalue weighted by molar-refractivity contribution is 1.12. The van der Waals surface area contributed by atoms with Crippen molar-refractivity contribution in [2.75, 3.05) is 4.90 Å². The highest BCUT2D eigenvalue weighted by atomic mass is 15.1. The number of aromatic nitrogens is 2. The van der Waals surface area contributed by atoms with Crippen molar-refractivity contribution >= 4 is 49.8 Å². The number of nitrogens with zero attached hydrogens (tertiary/aromatic N) is 3. The van der Waals surface area contributed by atoms with Crippen molar-refractivity contribution in [1.29, 1.82) is 0 Å². The zero-order valence-electron chi connectivity index (χ0n) is 25.7. The van der Waals surface area contributed by atoms with Gasteiger partial charge < -0.3 is 14.0 Å². The maximum absolute atomic E-state index is 2.41. The van der Waals surface area contributed by atoms with E-state index in [-0.39, 0.29) is 0 Å². The molecule has 0 fully saturated rings. The third-order valence-electron chi connectivity index (χ3n) is 9.13. The second-order valence-electron chi connectivity index (χ2n) is 11.9. The molecule has 9 aromatic rings. The molecule has 7 aromatic carbocycles. The Labute approximate surface area is 273 Å². The van der Waals surface area contributed by atoms with Crippen LogP contribution < -0.4 is 4.90 Å². The zero-order valence-corrected chi connectivity index (χ0v) is 25.7. The van der Waals surface area contributed by atoms with E-state index in [0.717, 1.165) is 28.4 Å². The highest BCUT2D eigenvalue weighted by molar-refractivity contribution is 6.18. The summed E-state index contributed by atoms with van der Waals surface area (Å²) in [5.74, 6) is 0. The van der Waals surface area contributed by atoms with Gasteiger partial charge in [0.25, 0.3) is 0 Å². The van der Waals surface area contributed by atoms with Crippen molar-refractivity contribution in [3.63, 3.8) is 0 Å². The molecule has 0 N–H and O–H groups in total. The molecule has 0 atom stereocenters. The van der Waals surface area contributed by atoms with Gasteiger partial charge in [0.05, 0.1) is 16.6 Å². The summed E-state index contributed by atoms with van der Waals surface area (Å²) < 4.78 is 4.74. The van der Waals surface area contributed by atoms with Crippen molar-refractivity contribution in [3.8, 4) is 22.5 Å². The molecule has 0 aliphatic heterocycles. The lowest BCUT2D eigenvalue weighted by Gasteiger charge is -2.25. The molecule has 2 heterocycles. The van der Waals surface area contributed by atoms with Crippen LogP contribution in [0.2, 0.25) is 0 Å². The SMILES string of the molecule is c1ccc(N(c2ccccc2)c2ccc(-c3ccc(-n4ccc5ccc6c7ccccc7n(-c7ccccc7)c6c54)cc3)cc2)cc1. The van der Waals surface area contributed by atoms with E-state index in [1.807, 2.05) is 0 Å². The molecule has 222 valence electrons. The van der Waals surface area contributed by atoms with Gasteiger partial charge in [0, 0.05) is 50.8 Å². The molecule has 9 rings (SSSR count). The number of fused-ring (bicyclic) bond motifs is 5. The van der Waals surface area contributed by atoms with Gasteiger partial charge in [-0.3, -0.25) is 0 Å². The lowest BCUT2D eigenvalue weighted by atomic mass is 10.0. The van der Waals surface area contributed by atoms with Gasteiger partial charge in [0.2, 0.25) is 0 Å². The molecule has 2 aromatic heterocycles. The molecule has 0 unspecified atom stereocenters. The Balaban J connectivity index is 1.11. The number of hydrogen-bond donors (Lipinski definition) is 0. The summed E-state index contributed by atoms with van der Waals surface area (Å²) in [6.07, 6.45) is 2.20. The Morgan fingerprint density at radius 3 is 1.57 bits per heavy atom. The molecule has 0 radical (unpaired) electrons. The number of hydrogen-bond acceptors (Lipinski definition) is 1. The predicted molar refractivity (Wildman–Crippen MR) is 198 cm³/mol. The zero-order chi connectivity index (χ0) is 31.2. The molecule has 3 nitrogen and oxygen atoms in total. The van der Waals surface area contributed by atoms with Gasteiger partial charge in [0.15, 0.2) is 0 Å². The fourth-order valence-corrected chi connectivity index (χ4v) is 6.95. The number of para-hydroxylation sites is 4. The van der Waals surface area contributed by atoms with E-state index in [0.29, 0.717) is 0 Å². The minimum absolute atomic E-state index is 1.12. The first-order valence-electron chi connectivity index (χ1n) is 16.0. The Hall–Kier alpha value is -6.32. The highest BCUT2D eigenvalue weighted by Crippen LogP contribution is 2.39. The summed E-state index contributed by atoms with van der Waals surface area (Å²) in [6, 6.07) is 65.0. The molecule has 0 amide bonds. The average molecular weight is 602 g/mol. The second-order valence-corrected chi connectivity index (χ2v) is 11.9. The lowest BCUT2D eigenvalue weighted by Crippen LogP contribution is -2.09.